The fourth-order valence-corrected chi connectivity index (χ4v) is 2.13. The van der Waals surface area contributed by atoms with E-state index in [0.29, 0.717) is 6.61 Å². The monoisotopic (exact) mass is 251 g/mol. The maximum Gasteiger partial charge on any atom is 0.129 e. The van der Waals surface area contributed by atoms with E-state index in [-0.39, 0.29) is 12.2 Å². The summed E-state index contributed by atoms with van der Waals surface area (Å²) in [6.07, 6.45) is 0.121. The molecule has 0 saturated carbocycles. The normalized spacial score (nSPS) is 19.9. The molecule has 0 aromatic heterocycles. The molecule has 1 unspecified atom stereocenters. The summed E-state index contributed by atoms with van der Waals surface area (Å²) in [4.78, 5) is 0. The lowest BCUT2D eigenvalue weighted by molar-refractivity contribution is 0.0238. The van der Waals surface area contributed by atoms with E-state index >= 15 is 0 Å². The molecule has 18 heavy (non-hydrogen) atoms. The molecule has 0 bridgehead atoms. The van der Waals surface area contributed by atoms with Gasteiger partial charge in [0.15, 0.2) is 0 Å². The first-order valence-corrected chi connectivity index (χ1v) is 6.38. The quantitative estimate of drug-likeness (QED) is 0.890. The summed E-state index contributed by atoms with van der Waals surface area (Å²) in [5.74, 6) is 1.67. The predicted octanol–water partition coefficient (Wildman–Crippen LogP) is 2.14. The van der Waals surface area contributed by atoms with Gasteiger partial charge in [0, 0.05) is 13.1 Å². The molecule has 1 atom stereocenters. The molecule has 1 N–H and O–H groups in total. The van der Waals surface area contributed by atoms with Crippen molar-refractivity contribution in [3.05, 3.63) is 23.8 Å². The lowest BCUT2D eigenvalue weighted by Gasteiger charge is -2.27. The Kier molecular flexibility index (Phi) is 4.44. The van der Waals surface area contributed by atoms with Gasteiger partial charge in [-0.05, 0) is 26.0 Å². The SMILES string of the molecule is COc1cccc(OC(C)C)c1C1CNCCO1. The van der Waals surface area contributed by atoms with E-state index in [1.54, 1.807) is 7.11 Å². The largest absolute Gasteiger partial charge is 0.496 e. The lowest BCUT2D eigenvalue weighted by Crippen LogP contribution is -2.33. The van der Waals surface area contributed by atoms with E-state index in [1.165, 1.54) is 0 Å². The third-order valence-corrected chi connectivity index (χ3v) is 2.86. The molecule has 1 aromatic rings. The highest BCUT2D eigenvalue weighted by molar-refractivity contribution is 5.46. The molecule has 1 heterocycles. The highest BCUT2D eigenvalue weighted by atomic mass is 16.5. The van der Waals surface area contributed by atoms with E-state index < -0.39 is 0 Å². The van der Waals surface area contributed by atoms with Gasteiger partial charge in [-0.15, -0.1) is 0 Å². The number of nitrogens with one attached hydrogen (secondary N) is 1. The second-order valence-electron chi connectivity index (χ2n) is 4.60. The van der Waals surface area contributed by atoms with Gasteiger partial charge in [-0.25, -0.2) is 0 Å². The molecule has 2 rings (SSSR count). The van der Waals surface area contributed by atoms with Crippen LogP contribution in [-0.2, 0) is 4.74 Å². The Hall–Kier alpha value is -1.26. The topological polar surface area (TPSA) is 39.7 Å². The molecular formula is C14H21NO3. The van der Waals surface area contributed by atoms with Gasteiger partial charge < -0.3 is 19.5 Å². The van der Waals surface area contributed by atoms with Gasteiger partial charge in [-0.3, -0.25) is 0 Å². The number of rotatable bonds is 4. The Morgan fingerprint density at radius 2 is 2.11 bits per heavy atom. The first kappa shape index (κ1) is 13.2. The molecule has 4 heteroatoms. The van der Waals surface area contributed by atoms with Crippen molar-refractivity contribution in [2.45, 2.75) is 26.1 Å². The summed E-state index contributed by atoms with van der Waals surface area (Å²) in [6, 6.07) is 5.85. The van der Waals surface area contributed by atoms with Gasteiger partial charge in [-0.2, -0.15) is 0 Å². The van der Waals surface area contributed by atoms with Crippen LogP contribution in [0.3, 0.4) is 0 Å². The van der Waals surface area contributed by atoms with Gasteiger partial charge in [0.05, 0.1) is 25.4 Å². The Morgan fingerprint density at radius 3 is 2.72 bits per heavy atom. The van der Waals surface area contributed by atoms with Crippen LogP contribution in [0.4, 0.5) is 0 Å². The molecule has 0 radical (unpaired) electrons. The zero-order valence-electron chi connectivity index (χ0n) is 11.2. The van der Waals surface area contributed by atoms with Crippen molar-refractivity contribution in [1.82, 2.24) is 5.32 Å². The third-order valence-electron chi connectivity index (χ3n) is 2.86. The Bertz CT molecular complexity index is 387. The first-order chi connectivity index (χ1) is 8.72. The summed E-state index contributed by atoms with van der Waals surface area (Å²) in [5.41, 5.74) is 1.00. The van der Waals surface area contributed by atoms with E-state index in [0.717, 1.165) is 30.2 Å². The summed E-state index contributed by atoms with van der Waals surface area (Å²) >= 11 is 0. The maximum absolute atomic E-state index is 5.85. The fraction of sp³-hybridized carbons (Fsp3) is 0.571. The zero-order chi connectivity index (χ0) is 13.0. The predicted molar refractivity (Wildman–Crippen MR) is 70.3 cm³/mol. The molecule has 1 saturated heterocycles. The smallest absolute Gasteiger partial charge is 0.129 e. The molecule has 1 aliphatic heterocycles. The number of hydrogen-bond donors (Lipinski definition) is 1. The van der Waals surface area contributed by atoms with Gasteiger partial charge in [0.1, 0.15) is 17.6 Å². The fourth-order valence-electron chi connectivity index (χ4n) is 2.13. The molecule has 0 aliphatic carbocycles. The van der Waals surface area contributed by atoms with E-state index in [9.17, 15) is 0 Å². The maximum atomic E-state index is 5.85. The molecule has 0 amide bonds. The molecule has 100 valence electrons. The van der Waals surface area contributed by atoms with Crippen LogP contribution < -0.4 is 14.8 Å². The van der Waals surface area contributed by atoms with E-state index in [4.69, 9.17) is 14.2 Å². The summed E-state index contributed by atoms with van der Waals surface area (Å²) in [6.45, 7) is 6.43. The number of benzene rings is 1. The van der Waals surface area contributed by atoms with Crippen LogP contribution in [0.15, 0.2) is 18.2 Å². The van der Waals surface area contributed by atoms with Crippen molar-refractivity contribution in [3.63, 3.8) is 0 Å². The van der Waals surface area contributed by atoms with Crippen LogP contribution in [0.25, 0.3) is 0 Å². The first-order valence-electron chi connectivity index (χ1n) is 6.38. The van der Waals surface area contributed by atoms with Crippen molar-refractivity contribution in [2.24, 2.45) is 0 Å². The summed E-state index contributed by atoms with van der Waals surface area (Å²) in [5, 5.41) is 3.33. The average molecular weight is 251 g/mol. The second-order valence-corrected chi connectivity index (χ2v) is 4.60. The second kappa shape index (κ2) is 6.07. The van der Waals surface area contributed by atoms with Crippen LogP contribution in [-0.4, -0.2) is 32.9 Å². The van der Waals surface area contributed by atoms with Gasteiger partial charge in [-0.1, -0.05) is 6.07 Å². The van der Waals surface area contributed by atoms with Crippen molar-refractivity contribution in [2.75, 3.05) is 26.8 Å². The van der Waals surface area contributed by atoms with Gasteiger partial charge in [0.25, 0.3) is 0 Å². The summed E-state index contributed by atoms with van der Waals surface area (Å²) < 4.78 is 17.1. The minimum atomic E-state index is -0.0105. The van der Waals surface area contributed by atoms with Crippen LogP contribution in [0, 0.1) is 0 Å². The van der Waals surface area contributed by atoms with Gasteiger partial charge in [0.2, 0.25) is 0 Å². The van der Waals surface area contributed by atoms with Crippen molar-refractivity contribution >= 4 is 0 Å². The van der Waals surface area contributed by atoms with Crippen LogP contribution in [0.2, 0.25) is 0 Å². The lowest BCUT2D eigenvalue weighted by atomic mass is 10.1. The molecule has 4 nitrogen and oxygen atoms in total. The van der Waals surface area contributed by atoms with Crippen LogP contribution >= 0.6 is 0 Å². The minimum absolute atomic E-state index is 0.0105. The third kappa shape index (κ3) is 2.94. The van der Waals surface area contributed by atoms with Crippen molar-refractivity contribution < 1.29 is 14.2 Å². The van der Waals surface area contributed by atoms with Gasteiger partial charge >= 0.3 is 0 Å². The molecule has 1 fully saturated rings. The number of methoxy groups -OCH3 is 1. The Labute approximate surface area is 108 Å². The highest BCUT2D eigenvalue weighted by Gasteiger charge is 2.24. The van der Waals surface area contributed by atoms with Crippen LogP contribution in [0.1, 0.15) is 25.5 Å². The molecule has 1 aliphatic rings. The number of ether oxygens (including phenoxy) is 3. The van der Waals surface area contributed by atoms with E-state index in [1.807, 2.05) is 32.0 Å². The zero-order valence-corrected chi connectivity index (χ0v) is 11.2. The van der Waals surface area contributed by atoms with Crippen molar-refractivity contribution in [1.29, 1.82) is 0 Å². The molecule has 1 aromatic carbocycles. The Morgan fingerprint density at radius 1 is 1.33 bits per heavy atom. The van der Waals surface area contributed by atoms with E-state index in [2.05, 4.69) is 5.32 Å². The summed E-state index contributed by atoms with van der Waals surface area (Å²) in [7, 11) is 1.67. The highest BCUT2D eigenvalue weighted by Crippen LogP contribution is 2.36. The molecule has 0 spiro atoms. The number of hydrogen-bond acceptors (Lipinski definition) is 4. The minimum Gasteiger partial charge on any atom is -0.496 e. The standard InChI is InChI=1S/C14H21NO3/c1-10(2)18-12-6-4-5-11(16-3)14(12)13-9-15-7-8-17-13/h4-6,10,13,15H,7-9H2,1-3H3. The average Bonchev–Trinajstić information content (AvgIpc) is 2.38. The molecular weight excluding hydrogens is 230 g/mol. The van der Waals surface area contributed by atoms with Crippen LogP contribution in [0.5, 0.6) is 11.5 Å². The number of morpholine rings is 1. The van der Waals surface area contributed by atoms with Crippen molar-refractivity contribution in [3.8, 4) is 11.5 Å². The Balaban J connectivity index is 2.33.